The summed E-state index contributed by atoms with van der Waals surface area (Å²) in [6.45, 7) is 0.663. The van der Waals surface area contributed by atoms with Crippen LogP contribution < -0.4 is 26.3 Å². The minimum atomic E-state index is -0.534. The maximum absolute atomic E-state index is 11.9. The average Bonchev–Trinajstić information content (AvgIpc) is 2.77. The summed E-state index contributed by atoms with van der Waals surface area (Å²) < 4.78 is 16.1. The topological polar surface area (TPSA) is 122 Å². The number of pyridine rings is 1. The molecule has 0 spiro atoms. The molecule has 8 heteroatoms. The van der Waals surface area contributed by atoms with Gasteiger partial charge in [0.1, 0.15) is 0 Å². The van der Waals surface area contributed by atoms with Crippen LogP contribution in [0.2, 0.25) is 0 Å². The summed E-state index contributed by atoms with van der Waals surface area (Å²) in [5.41, 5.74) is 15.1. The first-order valence-electron chi connectivity index (χ1n) is 9.41. The van der Waals surface area contributed by atoms with E-state index in [2.05, 4.69) is 10.3 Å². The number of benzene rings is 2. The third-order valence-electron chi connectivity index (χ3n) is 4.91. The molecule has 1 heterocycles. The normalized spacial score (nSPS) is 11.9. The Morgan fingerprint density at radius 1 is 1.13 bits per heavy atom. The lowest BCUT2D eigenvalue weighted by molar-refractivity contribution is 0.100. The van der Waals surface area contributed by atoms with Crippen LogP contribution in [0.4, 0.5) is 5.69 Å². The monoisotopic (exact) mass is 410 g/mol. The molecule has 30 heavy (non-hydrogen) atoms. The molecule has 158 valence electrons. The molecule has 0 bridgehead atoms. The van der Waals surface area contributed by atoms with Gasteiger partial charge in [-0.3, -0.25) is 9.78 Å². The van der Waals surface area contributed by atoms with Crippen molar-refractivity contribution in [1.29, 1.82) is 0 Å². The number of rotatable bonds is 9. The number of fused-ring (bicyclic) bond motifs is 1. The smallest absolute Gasteiger partial charge is 0.250 e. The highest BCUT2D eigenvalue weighted by atomic mass is 16.5. The highest BCUT2D eigenvalue weighted by Gasteiger charge is 2.19. The summed E-state index contributed by atoms with van der Waals surface area (Å²) in [5, 5.41) is 4.27. The van der Waals surface area contributed by atoms with Crippen LogP contribution in [0, 0.1) is 0 Å². The zero-order chi connectivity index (χ0) is 21.7. The molecule has 1 atom stereocenters. The molecule has 0 radical (unpaired) electrons. The van der Waals surface area contributed by atoms with Gasteiger partial charge in [-0.15, -0.1) is 0 Å². The fourth-order valence-electron chi connectivity index (χ4n) is 3.42. The predicted octanol–water partition coefficient (Wildman–Crippen LogP) is 2.61. The van der Waals surface area contributed by atoms with E-state index in [1.54, 1.807) is 39.7 Å². The van der Waals surface area contributed by atoms with Crippen molar-refractivity contribution in [3.63, 3.8) is 0 Å². The second kappa shape index (κ2) is 9.43. The fraction of sp³-hybridized carbons (Fsp3) is 0.273. The number of primary amides is 1. The first kappa shape index (κ1) is 21.4. The Kier molecular flexibility index (Phi) is 6.71. The Labute approximate surface area is 175 Å². The first-order valence-corrected chi connectivity index (χ1v) is 9.41. The molecule has 3 aromatic rings. The molecule has 0 unspecified atom stereocenters. The molecule has 5 N–H and O–H groups in total. The van der Waals surface area contributed by atoms with Crippen molar-refractivity contribution < 1.29 is 19.0 Å². The summed E-state index contributed by atoms with van der Waals surface area (Å²) in [6.07, 6.45) is 1.68. The lowest BCUT2D eigenvalue weighted by atomic mass is 10.0. The number of ether oxygens (including phenoxy) is 3. The summed E-state index contributed by atoms with van der Waals surface area (Å²) in [5.74, 6) is 0.717. The number of hydrogen-bond acceptors (Lipinski definition) is 7. The van der Waals surface area contributed by atoms with Crippen LogP contribution in [-0.2, 0) is 11.3 Å². The lowest BCUT2D eigenvalue weighted by Crippen LogP contribution is -2.22. The van der Waals surface area contributed by atoms with E-state index in [1.165, 1.54) is 0 Å². The number of nitrogens with zero attached hydrogens (tertiary/aromatic N) is 1. The van der Waals surface area contributed by atoms with Gasteiger partial charge in [-0.1, -0.05) is 18.2 Å². The molecule has 0 saturated heterocycles. The quantitative estimate of drug-likeness (QED) is 0.496. The number of amides is 1. The van der Waals surface area contributed by atoms with Crippen molar-refractivity contribution in [1.82, 2.24) is 4.98 Å². The third kappa shape index (κ3) is 4.14. The fourth-order valence-corrected chi connectivity index (χ4v) is 3.42. The number of hydrogen-bond donors (Lipinski definition) is 3. The van der Waals surface area contributed by atoms with Gasteiger partial charge in [-0.25, -0.2) is 0 Å². The first-order chi connectivity index (χ1) is 14.5. The number of carbonyl (C=O) groups is 1. The van der Waals surface area contributed by atoms with Gasteiger partial charge in [-0.2, -0.15) is 0 Å². The van der Waals surface area contributed by atoms with E-state index in [4.69, 9.17) is 25.7 Å². The summed E-state index contributed by atoms with van der Waals surface area (Å²) in [4.78, 5) is 16.3. The van der Waals surface area contributed by atoms with Gasteiger partial charge in [0.15, 0.2) is 11.5 Å². The maximum atomic E-state index is 11.9. The zero-order valence-electron chi connectivity index (χ0n) is 17.3. The Morgan fingerprint density at radius 3 is 2.53 bits per heavy atom. The molecule has 0 aliphatic carbocycles. The maximum Gasteiger partial charge on any atom is 0.250 e. The summed E-state index contributed by atoms with van der Waals surface area (Å²) in [6, 6.07) is 10.7. The molecule has 1 amide bonds. The van der Waals surface area contributed by atoms with Crippen molar-refractivity contribution in [3.8, 4) is 11.5 Å². The highest BCUT2D eigenvalue weighted by Crippen LogP contribution is 2.34. The van der Waals surface area contributed by atoms with Crippen molar-refractivity contribution in [2.75, 3.05) is 33.2 Å². The van der Waals surface area contributed by atoms with Gasteiger partial charge in [0, 0.05) is 30.8 Å². The SMILES string of the molecule is COCc1cnc2c(C(N)=O)cccc2c1N[C@H](CN)c1ccc(OC)c(OC)c1. The minimum Gasteiger partial charge on any atom is -0.493 e. The van der Waals surface area contributed by atoms with Gasteiger partial charge in [0.2, 0.25) is 0 Å². The molecule has 0 aliphatic rings. The Morgan fingerprint density at radius 2 is 1.90 bits per heavy atom. The number of para-hydroxylation sites is 1. The third-order valence-corrected chi connectivity index (χ3v) is 4.91. The Bertz CT molecular complexity index is 1050. The van der Waals surface area contributed by atoms with Crippen LogP contribution in [0.15, 0.2) is 42.6 Å². The number of carbonyl (C=O) groups excluding carboxylic acids is 1. The van der Waals surface area contributed by atoms with Gasteiger partial charge in [0.05, 0.1) is 43.6 Å². The van der Waals surface area contributed by atoms with Gasteiger partial charge in [0.25, 0.3) is 5.91 Å². The second-order valence-corrected chi connectivity index (χ2v) is 6.70. The van der Waals surface area contributed by atoms with Crippen LogP contribution >= 0.6 is 0 Å². The number of nitrogens with one attached hydrogen (secondary N) is 1. The average molecular weight is 410 g/mol. The molecular formula is C22H26N4O4. The van der Waals surface area contributed by atoms with Crippen molar-refractivity contribution >= 4 is 22.5 Å². The van der Waals surface area contributed by atoms with Crippen molar-refractivity contribution in [2.45, 2.75) is 12.6 Å². The minimum absolute atomic E-state index is 0.233. The number of methoxy groups -OCH3 is 3. The molecule has 0 fully saturated rings. The van der Waals surface area contributed by atoms with E-state index >= 15 is 0 Å². The second-order valence-electron chi connectivity index (χ2n) is 6.70. The molecule has 0 saturated carbocycles. The van der Waals surface area contributed by atoms with Crippen LogP contribution in [0.3, 0.4) is 0 Å². The standard InChI is InChI=1S/C22H26N4O4/c1-28-12-14-11-25-21-15(5-4-6-16(21)22(24)27)20(14)26-17(10-23)13-7-8-18(29-2)19(9-13)30-3/h4-9,11,17H,10,12,23H2,1-3H3,(H2,24,27)(H,25,26)/t17-/m1/s1. The number of aromatic nitrogens is 1. The van der Waals surface area contributed by atoms with E-state index in [1.807, 2.05) is 24.3 Å². The van der Waals surface area contributed by atoms with Gasteiger partial charge >= 0.3 is 0 Å². The number of nitrogens with two attached hydrogens (primary N) is 2. The molecular weight excluding hydrogens is 384 g/mol. The largest absolute Gasteiger partial charge is 0.493 e. The van der Waals surface area contributed by atoms with E-state index in [9.17, 15) is 4.79 Å². The van der Waals surface area contributed by atoms with E-state index in [0.717, 1.165) is 22.2 Å². The Balaban J connectivity index is 2.11. The number of anilines is 1. The van der Waals surface area contributed by atoms with Gasteiger partial charge in [-0.05, 0) is 23.8 Å². The van der Waals surface area contributed by atoms with Crippen LogP contribution in [0.5, 0.6) is 11.5 Å². The predicted molar refractivity (Wildman–Crippen MR) is 116 cm³/mol. The van der Waals surface area contributed by atoms with Crippen LogP contribution in [0.25, 0.3) is 10.9 Å². The highest BCUT2D eigenvalue weighted by molar-refractivity contribution is 6.08. The molecule has 2 aromatic carbocycles. The van der Waals surface area contributed by atoms with Gasteiger partial charge < -0.3 is 31.0 Å². The van der Waals surface area contributed by atoms with Crippen LogP contribution in [-0.4, -0.2) is 38.8 Å². The summed E-state index contributed by atoms with van der Waals surface area (Å²) in [7, 11) is 4.79. The van der Waals surface area contributed by atoms with Crippen molar-refractivity contribution in [2.24, 2.45) is 11.5 Å². The molecule has 8 nitrogen and oxygen atoms in total. The molecule has 3 rings (SSSR count). The molecule has 1 aromatic heterocycles. The van der Waals surface area contributed by atoms with Crippen molar-refractivity contribution in [3.05, 3.63) is 59.3 Å². The van der Waals surface area contributed by atoms with E-state index in [-0.39, 0.29) is 6.04 Å². The van der Waals surface area contributed by atoms with E-state index in [0.29, 0.717) is 35.7 Å². The lowest BCUT2D eigenvalue weighted by Gasteiger charge is -2.23. The summed E-state index contributed by atoms with van der Waals surface area (Å²) >= 11 is 0. The van der Waals surface area contributed by atoms with E-state index < -0.39 is 5.91 Å². The zero-order valence-corrected chi connectivity index (χ0v) is 17.3. The Hall–Kier alpha value is -3.36. The van der Waals surface area contributed by atoms with Crippen LogP contribution in [0.1, 0.15) is 27.5 Å². The molecule has 0 aliphatic heterocycles.